The van der Waals surface area contributed by atoms with E-state index in [-0.39, 0.29) is 0 Å². The van der Waals surface area contributed by atoms with Crippen LogP contribution in [0.2, 0.25) is 0 Å². The third-order valence-electron chi connectivity index (χ3n) is 2.14. The Kier molecular flexibility index (Phi) is 2.94. The Morgan fingerprint density at radius 2 is 0.526 bits per heavy atom. The first-order valence-electron chi connectivity index (χ1n) is 3.57. The van der Waals surface area contributed by atoms with Gasteiger partial charge in [0.1, 0.15) is 0 Å². The molecule has 111 valence electrons. The van der Waals surface area contributed by atoms with Gasteiger partial charge in [-0.25, -0.2) is 0 Å². The fourth-order valence-electron chi connectivity index (χ4n) is 0.915. The average Bonchev–Trinajstić information content (AvgIpc) is 2.15. The number of hydrogen-bond acceptors (Lipinski definition) is 6. The van der Waals surface area contributed by atoms with Crippen molar-refractivity contribution in [2.24, 2.45) is 0 Å². The Balaban J connectivity index is 8.00. The van der Waals surface area contributed by atoms with Crippen molar-refractivity contribution >= 4 is 29.4 Å². The van der Waals surface area contributed by atoms with Crippen molar-refractivity contribution in [3.63, 3.8) is 0 Å². The topological polar surface area (TPSA) is 224 Å². The summed E-state index contributed by atoms with van der Waals surface area (Å²) in [4.78, 5) is 45.2. The summed E-state index contributed by atoms with van der Waals surface area (Å²) in [6.07, 6.45) is 0. The Hall–Kier alpha value is -2.67. The molecule has 0 unspecified atom stereocenters. The molecule has 0 aliphatic heterocycles. The molecule has 0 saturated carbocycles. The second kappa shape index (κ2) is 3.42. The molecule has 0 rings (SSSR count). The van der Waals surface area contributed by atoms with E-state index in [1.807, 2.05) is 0 Å². The molecule has 6 N–H and O–H groups in total. The summed E-state index contributed by atoms with van der Waals surface area (Å²) in [6.45, 7) is 0. The van der Waals surface area contributed by atoms with E-state index in [0.29, 0.717) is 0 Å². The van der Waals surface area contributed by atoms with Gasteiger partial charge in [-0.2, -0.15) is 0 Å². The van der Waals surface area contributed by atoms with Crippen molar-refractivity contribution < 1.29 is 69.9 Å². The molecule has 0 heterocycles. The maximum absolute atomic E-state index is 11.0. The van der Waals surface area contributed by atoms with Gasteiger partial charge in [0.2, 0.25) is 0 Å². The van der Waals surface area contributed by atoms with Crippen LogP contribution in [-0.4, -0.2) is 60.1 Å². The van der Waals surface area contributed by atoms with Crippen molar-refractivity contribution in [1.82, 2.24) is 0 Å². The first-order valence-corrected chi connectivity index (χ1v) is 6.69. The maximum atomic E-state index is 11.0. The zero-order valence-electron chi connectivity index (χ0n) is 8.47. The molecule has 0 spiro atoms. The molecule has 19 heavy (non-hydrogen) atoms. The first kappa shape index (κ1) is 16.3. The van der Waals surface area contributed by atoms with Crippen molar-refractivity contribution in [3.05, 3.63) is 0 Å². The Morgan fingerprint density at radius 1 is 0.421 bits per heavy atom. The van der Waals surface area contributed by atoms with Crippen molar-refractivity contribution in [2.75, 3.05) is 0 Å². The predicted octanol–water partition coefficient (Wildman–Crippen LogP) is 1.28. The van der Waals surface area contributed by atoms with Gasteiger partial charge in [0.05, 0.1) is 0 Å². The van der Waals surface area contributed by atoms with Gasteiger partial charge in [-0.3, -0.25) is 0 Å². The van der Waals surface area contributed by atoms with Gasteiger partial charge in [0, 0.05) is 0 Å². The Labute approximate surface area is 100.0 Å². The van der Waals surface area contributed by atoms with E-state index in [1.165, 1.54) is 0 Å². The molecule has 0 bridgehead atoms. The van der Waals surface area contributed by atoms with Gasteiger partial charge in [-0.15, -0.1) is 0 Å². The monoisotopic (exact) mass is 329 g/mol. The Morgan fingerprint density at radius 3 is 0.526 bits per heavy atom. The van der Waals surface area contributed by atoms with Gasteiger partial charge in [-0.05, 0) is 0 Å². The molecular formula is C6H6CoO12. The van der Waals surface area contributed by atoms with E-state index >= 15 is 0 Å². The van der Waals surface area contributed by atoms with Crippen LogP contribution in [0.5, 0.6) is 0 Å². The molecule has 0 aliphatic carbocycles. The third-order valence-corrected chi connectivity index (χ3v) is 8.82. The van der Waals surface area contributed by atoms with Crippen LogP contribution >= 0.6 is 0 Å². The summed E-state index contributed by atoms with van der Waals surface area (Å²) >= 11 is 0. The van der Waals surface area contributed by atoms with Gasteiger partial charge in [0.15, 0.2) is 0 Å². The molecule has 12 nitrogen and oxygen atoms in total. The molecule has 0 aromatic rings. The second-order valence-electron chi connectivity index (χ2n) is 2.65. The minimum absolute atomic E-state index is 3.49. The molecule has 0 aliphatic rings. The van der Waals surface area contributed by atoms with Crippen LogP contribution in [0.3, 0.4) is 0 Å². The van der Waals surface area contributed by atoms with Crippen LogP contribution in [0.1, 0.15) is 0 Å². The number of hydrogen-bond donors (Lipinski definition) is 6. The zero-order chi connectivity index (χ0) is 15.9. The standard InChI is InChI=1S/6CHO2.Co/c6*2-1-3;/h6*(H,2,3);. The zero-order valence-corrected chi connectivity index (χ0v) is 9.51. The molecule has 0 radical (unpaired) electrons. The third kappa shape index (κ3) is 0.828. The van der Waals surface area contributed by atoms with E-state index in [9.17, 15) is 28.8 Å². The summed E-state index contributed by atoms with van der Waals surface area (Å²) in [5.74, 6) is 0. The molecule has 0 saturated heterocycles. The number of rotatable bonds is 6. The summed E-state index contributed by atoms with van der Waals surface area (Å²) in [7, 11) is -9.09. The van der Waals surface area contributed by atoms with Gasteiger partial charge in [0.25, 0.3) is 0 Å². The van der Waals surface area contributed by atoms with E-state index < -0.39 is 40.0 Å². The summed E-state index contributed by atoms with van der Waals surface area (Å²) in [5.41, 5.74) is 0. The summed E-state index contributed by atoms with van der Waals surface area (Å²) in [6, 6.07) is 0. The summed E-state index contributed by atoms with van der Waals surface area (Å²) < 4.78 is 0. The van der Waals surface area contributed by atoms with Crippen LogP contribution in [0.4, 0.5) is 28.8 Å². The quantitative estimate of drug-likeness (QED) is 0.405. The molecule has 0 amide bonds. The first-order chi connectivity index (χ1) is 8.34. The van der Waals surface area contributed by atoms with Crippen molar-refractivity contribution in [1.29, 1.82) is 0 Å². The molecule has 13 heteroatoms. The Bertz CT molecular complexity index is 425. The van der Waals surface area contributed by atoms with Gasteiger partial charge < -0.3 is 0 Å². The van der Waals surface area contributed by atoms with Crippen LogP contribution in [0.15, 0.2) is 0 Å². The van der Waals surface area contributed by atoms with Crippen molar-refractivity contribution in [3.8, 4) is 0 Å². The summed E-state index contributed by atoms with van der Waals surface area (Å²) in [5, 5.41) is 52.4. The molecule has 0 atom stereocenters. The van der Waals surface area contributed by atoms with E-state index in [4.69, 9.17) is 30.6 Å². The van der Waals surface area contributed by atoms with E-state index in [1.54, 1.807) is 0 Å². The molecule has 0 aromatic carbocycles. The van der Waals surface area contributed by atoms with E-state index in [2.05, 4.69) is 0 Å². The number of carbonyl (C=O) groups is 6. The van der Waals surface area contributed by atoms with Crippen LogP contribution in [0.25, 0.3) is 0 Å². The SMILES string of the molecule is O=[C](O)[Co]([C](=O)O)([C](=O)O)([C](=O)O)([C](=O)O)[C](=O)O. The molecule has 0 aromatic heterocycles. The van der Waals surface area contributed by atoms with Gasteiger partial charge >= 0.3 is 99.4 Å². The fourth-order valence-corrected chi connectivity index (χ4v) is 3.77. The van der Waals surface area contributed by atoms with Gasteiger partial charge in [-0.1, -0.05) is 0 Å². The van der Waals surface area contributed by atoms with Crippen LogP contribution in [0, 0.1) is 0 Å². The van der Waals surface area contributed by atoms with Crippen molar-refractivity contribution in [2.45, 2.75) is 0 Å². The second-order valence-corrected chi connectivity index (χ2v) is 9.23. The molecular weight excluding hydrogens is 323 g/mol. The molecule has 0 fully saturated rings. The van der Waals surface area contributed by atoms with Crippen LogP contribution < -0.4 is 0 Å². The fraction of sp³-hybridized carbons (Fsp3) is 0. The average molecular weight is 329 g/mol. The normalized spacial score (nSPS) is 14.5. The van der Waals surface area contributed by atoms with Crippen LogP contribution in [-0.2, 0) is 10.5 Å². The minimum atomic E-state index is -9.09. The van der Waals surface area contributed by atoms with E-state index in [0.717, 1.165) is 0 Å². The predicted molar refractivity (Wildman–Crippen MR) is 48.1 cm³/mol. The number of carboxylic acid groups (broad SMARTS) is 6.